The van der Waals surface area contributed by atoms with E-state index in [2.05, 4.69) is 0 Å². The normalized spacial score (nSPS) is 10.0. The smallest absolute Gasteiger partial charge is 0.336 e. The number of rotatable bonds is 4. The van der Waals surface area contributed by atoms with Crippen LogP contribution in [0.2, 0.25) is 0 Å². The van der Waals surface area contributed by atoms with Crippen LogP contribution < -0.4 is 9.47 Å². The summed E-state index contributed by atoms with van der Waals surface area (Å²) >= 11 is 0. The van der Waals surface area contributed by atoms with Crippen molar-refractivity contribution >= 4 is 5.97 Å². The molecule has 0 aliphatic carbocycles. The van der Waals surface area contributed by atoms with E-state index in [1.54, 1.807) is 25.3 Å². The molecule has 0 saturated heterocycles. The molecule has 0 bridgehead atoms. The molecule has 0 spiro atoms. The Labute approximate surface area is 111 Å². The average Bonchev–Trinajstić information content (AvgIpc) is 2.46. The maximum atomic E-state index is 11.3. The largest absolute Gasteiger partial charge is 0.497 e. The molecule has 0 atom stereocenters. The third-order valence-corrected chi connectivity index (χ3v) is 2.84. The van der Waals surface area contributed by atoms with Crippen LogP contribution in [0.3, 0.4) is 0 Å². The van der Waals surface area contributed by atoms with Gasteiger partial charge in [0, 0.05) is 0 Å². The number of hydrogen-bond donors (Lipinski definition) is 1. The minimum Gasteiger partial charge on any atom is -0.497 e. The average molecular weight is 258 g/mol. The van der Waals surface area contributed by atoms with Crippen LogP contribution >= 0.6 is 0 Å². The van der Waals surface area contributed by atoms with Crippen molar-refractivity contribution in [1.82, 2.24) is 0 Å². The maximum absolute atomic E-state index is 11.3. The van der Waals surface area contributed by atoms with E-state index >= 15 is 0 Å². The van der Waals surface area contributed by atoms with Crippen LogP contribution in [0.15, 0.2) is 42.5 Å². The molecule has 2 aromatic carbocycles. The first kappa shape index (κ1) is 13.0. The van der Waals surface area contributed by atoms with Gasteiger partial charge in [0.1, 0.15) is 11.5 Å². The Balaban J connectivity index is 2.57. The summed E-state index contributed by atoms with van der Waals surface area (Å²) in [6.07, 6.45) is 0. The van der Waals surface area contributed by atoms with E-state index in [0.29, 0.717) is 17.1 Å². The molecule has 0 aliphatic rings. The number of ether oxygens (including phenoxy) is 2. The zero-order valence-electron chi connectivity index (χ0n) is 10.7. The molecule has 0 aromatic heterocycles. The predicted octanol–water partition coefficient (Wildman–Crippen LogP) is 3.07. The topological polar surface area (TPSA) is 55.8 Å². The molecular weight excluding hydrogens is 244 g/mol. The lowest BCUT2D eigenvalue weighted by Crippen LogP contribution is -2.00. The lowest BCUT2D eigenvalue weighted by atomic mass is 9.99. The third-order valence-electron chi connectivity index (χ3n) is 2.84. The molecule has 4 heteroatoms. The Morgan fingerprint density at radius 1 is 1.00 bits per heavy atom. The predicted molar refractivity (Wildman–Crippen MR) is 71.9 cm³/mol. The van der Waals surface area contributed by atoms with Gasteiger partial charge in [-0.2, -0.15) is 0 Å². The molecule has 1 N–H and O–H groups in total. The monoisotopic (exact) mass is 258 g/mol. The van der Waals surface area contributed by atoms with Gasteiger partial charge in [0.05, 0.1) is 19.8 Å². The number of carbonyl (C=O) groups is 1. The minimum atomic E-state index is -0.989. The van der Waals surface area contributed by atoms with Crippen LogP contribution in [0, 0.1) is 0 Å². The first-order chi connectivity index (χ1) is 9.15. The second-order valence-corrected chi connectivity index (χ2v) is 3.95. The highest BCUT2D eigenvalue weighted by atomic mass is 16.5. The fourth-order valence-electron chi connectivity index (χ4n) is 1.87. The highest BCUT2D eigenvalue weighted by Crippen LogP contribution is 2.29. The number of benzene rings is 2. The van der Waals surface area contributed by atoms with Gasteiger partial charge in [-0.25, -0.2) is 4.79 Å². The molecule has 0 amide bonds. The van der Waals surface area contributed by atoms with Crippen molar-refractivity contribution in [2.24, 2.45) is 0 Å². The molecule has 0 radical (unpaired) electrons. The van der Waals surface area contributed by atoms with Crippen molar-refractivity contribution in [3.63, 3.8) is 0 Å². The fraction of sp³-hybridized carbons (Fsp3) is 0.133. The Morgan fingerprint density at radius 3 is 2.32 bits per heavy atom. The summed E-state index contributed by atoms with van der Waals surface area (Å²) < 4.78 is 10.2. The first-order valence-corrected chi connectivity index (χ1v) is 5.71. The Morgan fingerprint density at radius 2 is 1.68 bits per heavy atom. The quantitative estimate of drug-likeness (QED) is 0.915. The minimum absolute atomic E-state index is 0.201. The van der Waals surface area contributed by atoms with Crippen molar-refractivity contribution < 1.29 is 19.4 Å². The summed E-state index contributed by atoms with van der Waals surface area (Å²) in [6, 6.07) is 12.3. The van der Waals surface area contributed by atoms with Crippen molar-refractivity contribution in [3.05, 3.63) is 48.0 Å². The van der Waals surface area contributed by atoms with Crippen molar-refractivity contribution in [3.8, 4) is 22.6 Å². The van der Waals surface area contributed by atoms with Crippen molar-refractivity contribution in [2.45, 2.75) is 0 Å². The van der Waals surface area contributed by atoms with Crippen LogP contribution in [0.1, 0.15) is 10.4 Å². The van der Waals surface area contributed by atoms with Gasteiger partial charge in [0.25, 0.3) is 0 Å². The molecule has 98 valence electrons. The van der Waals surface area contributed by atoms with Crippen LogP contribution in [-0.4, -0.2) is 25.3 Å². The second kappa shape index (κ2) is 5.44. The number of methoxy groups -OCH3 is 2. The van der Waals surface area contributed by atoms with E-state index in [0.717, 1.165) is 5.56 Å². The van der Waals surface area contributed by atoms with E-state index < -0.39 is 5.97 Å². The number of hydrogen-bond acceptors (Lipinski definition) is 3. The van der Waals surface area contributed by atoms with Crippen molar-refractivity contribution in [1.29, 1.82) is 0 Å². The number of aromatic carboxylic acids is 1. The van der Waals surface area contributed by atoms with E-state index in [1.807, 2.05) is 18.2 Å². The zero-order chi connectivity index (χ0) is 13.8. The summed E-state index contributed by atoms with van der Waals surface area (Å²) in [6.45, 7) is 0. The van der Waals surface area contributed by atoms with Gasteiger partial charge < -0.3 is 14.6 Å². The standard InChI is InChI=1S/C15H14O4/c1-18-11-5-3-4-10(8-11)13-7-6-12(19-2)9-14(13)15(16)17/h3-9H,1-2H3,(H,16,17). The maximum Gasteiger partial charge on any atom is 0.336 e. The summed E-state index contributed by atoms with van der Waals surface area (Å²) in [5.74, 6) is 0.213. The second-order valence-electron chi connectivity index (χ2n) is 3.95. The molecule has 2 rings (SSSR count). The highest BCUT2D eigenvalue weighted by Gasteiger charge is 2.13. The lowest BCUT2D eigenvalue weighted by molar-refractivity contribution is 0.0697. The van der Waals surface area contributed by atoms with Crippen LogP contribution in [-0.2, 0) is 0 Å². The van der Waals surface area contributed by atoms with Gasteiger partial charge in [-0.1, -0.05) is 12.1 Å². The summed E-state index contributed by atoms with van der Waals surface area (Å²) in [4.78, 5) is 11.3. The van der Waals surface area contributed by atoms with Crippen molar-refractivity contribution in [2.75, 3.05) is 14.2 Å². The summed E-state index contributed by atoms with van der Waals surface area (Å²) in [5, 5.41) is 9.29. The molecule has 0 aliphatic heterocycles. The SMILES string of the molecule is COc1cccc(-c2ccc(OC)cc2C(=O)O)c1. The molecule has 2 aromatic rings. The number of carboxylic acid groups (broad SMARTS) is 1. The molecule has 0 fully saturated rings. The molecule has 0 saturated carbocycles. The Bertz CT molecular complexity index is 605. The van der Waals surface area contributed by atoms with Gasteiger partial charge >= 0.3 is 5.97 Å². The molecular formula is C15H14O4. The van der Waals surface area contributed by atoms with Crippen LogP contribution in [0.4, 0.5) is 0 Å². The van der Waals surface area contributed by atoms with Gasteiger partial charge in [-0.3, -0.25) is 0 Å². The van der Waals surface area contributed by atoms with Gasteiger partial charge in [0.15, 0.2) is 0 Å². The fourth-order valence-corrected chi connectivity index (χ4v) is 1.87. The first-order valence-electron chi connectivity index (χ1n) is 5.71. The van der Waals surface area contributed by atoms with E-state index in [-0.39, 0.29) is 5.56 Å². The van der Waals surface area contributed by atoms with E-state index in [4.69, 9.17) is 9.47 Å². The third kappa shape index (κ3) is 2.68. The number of carboxylic acids is 1. The molecule has 4 nitrogen and oxygen atoms in total. The Kier molecular flexibility index (Phi) is 3.71. The highest BCUT2D eigenvalue weighted by molar-refractivity contribution is 5.96. The zero-order valence-corrected chi connectivity index (χ0v) is 10.7. The Hall–Kier alpha value is -2.49. The van der Waals surface area contributed by atoms with Crippen LogP contribution in [0.25, 0.3) is 11.1 Å². The van der Waals surface area contributed by atoms with E-state index in [9.17, 15) is 9.90 Å². The van der Waals surface area contributed by atoms with Gasteiger partial charge in [0.2, 0.25) is 0 Å². The van der Waals surface area contributed by atoms with Gasteiger partial charge in [-0.15, -0.1) is 0 Å². The molecule has 0 heterocycles. The van der Waals surface area contributed by atoms with E-state index in [1.165, 1.54) is 13.2 Å². The van der Waals surface area contributed by atoms with Crippen LogP contribution in [0.5, 0.6) is 11.5 Å². The molecule has 19 heavy (non-hydrogen) atoms. The van der Waals surface area contributed by atoms with Gasteiger partial charge in [-0.05, 0) is 41.5 Å². The lowest BCUT2D eigenvalue weighted by Gasteiger charge is -2.09. The summed E-state index contributed by atoms with van der Waals surface area (Å²) in [7, 11) is 3.08. The molecule has 0 unspecified atom stereocenters. The summed E-state index contributed by atoms with van der Waals surface area (Å²) in [5.41, 5.74) is 1.62.